The van der Waals surface area contributed by atoms with Gasteiger partial charge in [-0.05, 0) is 48.3 Å². The van der Waals surface area contributed by atoms with Gasteiger partial charge in [0.1, 0.15) is 23.3 Å². The first-order valence-electron chi connectivity index (χ1n) is 11.4. The molecule has 0 bridgehead atoms. The molecule has 2 aromatic rings. The molecular weight excluding hydrogens is 420 g/mol. The molecule has 1 saturated heterocycles. The van der Waals surface area contributed by atoms with Gasteiger partial charge in [0.25, 0.3) is 11.7 Å². The normalized spacial score (nSPS) is 18.4. The molecule has 0 radical (unpaired) electrons. The number of methoxy groups -OCH3 is 1. The van der Waals surface area contributed by atoms with Crippen molar-refractivity contribution in [2.45, 2.75) is 46.1 Å². The molecule has 0 aliphatic carbocycles. The van der Waals surface area contributed by atoms with Crippen LogP contribution in [0.2, 0.25) is 0 Å². The summed E-state index contributed by atoms with van der Waals surface area (Å²) in [6.45, 7) is 12.9. The topological polar surface area (TPSA) is 83.2 Å². The van der Waals surface area contributed by atoms with Crippen molar-refractivity contribution in [2.75, 3.05) is 33.3 Å². The smallest absolute Gasteiger partial charge is 0.295 e. The average molecular weight is 455 g/mol. The highest BCUT2D eigenvalue weighted by Crippen LogP contribution is 2.41. The second-order valence-electron chi connectivity index (χ2n) is 9.20. The van der Waals surface area contributed by atoms with Crippen LogP contribution in [0.25, 0.3) is 5.76 Å². The zero-order valence-corrected chi connectivity index (χ0v) is 20.3. The van der Waals surface area contributed by atoms with E-state index in [1.165, 1.54) is 18.3 Å². The van der Waals surface area contributed by atoms with E-state index in [2.05, 4.69) is 39.5 Å². The Hall–Kier alpha value is -3.06. The quantitative estimate of drug-likeness (QED) is 0.363. The fourth-order valence-electron chi connectivity index (χ4n) is 4.15. The minimum Gasteiger partial charge on any atom is -0.507 e. The average Bonchev–Trinajstić information content (AvgIpc) is 3.40. The minimum atomic E-state index is -0.807. The molecule has 33 heavy (non-hydrogen) atoms. The molecule has 0 spiro atoms. The van der Waals surface area contributed by atoms with Gasteiger partial charge >= 0.3 is 0 Å². The molecule has 1 atom stereocenters. The number of amides is 1. The van der Waals surface area contributed by atoms with Crippen molar-refractivity contribution in [3.8, 4) is 5.75 Å². The lowest BCUT2D eigenvalue weighted by Crippen LogP contribution is -2.37. The van der Waals surface area contributed by atoms with Crippen LogP contribution >= 0.6 is 0 Å². The molecule has 2 heterocycles. The molecule has 0 saturated carbocycles. The maximum atomic E-state index is 13.2. The van der Waals surface area contributed by atoms with E-state index in [-0.39, 0.29) is 16.7 Å². The van der Waals surface area contributed by atoms with Crippen molar-refractivity contribution in [1.29, 1.82) is 0 Å². The molecular formula is C26H34N2O5. The fraction of sp³-hybridized carbons (Fsp3) is 0.462. The summed E-state index contributed by atoms with van der Waals surface area (Å²) in [5.41, 5.74) is 1.18. The summed E-state index contributed by atoms with van der Waals surface area (Å²) in [6.07, 6.45) is 1.50. The molecule has 3 rings (SSSR count). The number of aliphatic hydroxyl groups excluding tert-OH is 1. The number of aliphatic hydroxyl groups is 1. The SMILES string of the molecule is CCN(CC)CCN1C(=O)C(=O)/C(=C(/O)c2cc(C(C)(C)C)ccc2OC)C1c1ccco1. The monoisotopic (exact) mass is 454 g/mol. The molecule has 1 N–H and O–H groups in total. The number of nitrogens with zero attached hydrogens (tertiary/aromatic N) is 2. The van der Waals surface area contributed by atoms with Crippen molar-refractivity contribution < 1.29 is 23.8 Å². The van der Waals surface area contributed by atoms with E-state index < -0.39 is 17.7 Å². The van der Waals surface area contributed by atoms with E-state index >= 15 is 0 Å². The molecule has 1 aromatic carbocycles. The lowest BCUT2D eigenvalue weighted by Gasteiger charge is -2.27. The Morgan fingerprint density at radius 3 is 2.42 bits per heavy atom. The van der Waals surface area contributed by atoms with Crippen LogP contribution in [0.15, 0.2) is 46.6 Å². The Kier molecular flexibility index (Phi) is 7.32. The number of rotatable bonds is 8. The molecule has 178 valence electrons. The number of ether oxygens (including phenoxy) is 1. The minimum absolute atomic E-state index is 0.0128. The molecule has 1 amide bonds. The van der Waals surface area contributed by atoms with Crippen LogP contribution in [-0.4, -0.2) is 59.9 Å². The summed E-state index contributed by atoms with van der Waals surface area (Å²) in [6, 6.07) is 8.14. The van der Waals surface area contributed by atoms with Crippen molar-refractivity contribution in [3.63, 3.8) is 0 Å². The second kappa shape index (κ2) is 9.83. The number of carbonyl (C=O) groups is 2. The van der Waals surface area contributed by atoms with Gasteiger partial charge in [0.2, 0.25) is 0 Å². The molecule has 1 fully saturated rings. The summed E-state index contributed by atoms with van der Waals surface area (Å²) < 4.78 is 11.1. The maximum absolute atomic E-state index is 13.2. The van der Waals surface area contributed by atoms with Crippen LogP contribution in [-0.2, 0) is 15.0 Å². The van der Waals surface area contributed by atoms with E-state index in [0.29, 0.717) is 30.2 Å². The number of likely N-dealkylation sites (N-methyl/N-ethyl adjacent to an activating group) is 1. The summed E-state index contributed by atoms with van der Waals surface area (Å²) in [5, 5.41) is 11.4. The van der Waals surface area contributed by atoms with Gasteiger partial charge in [-0.1, -0.05) is 40.7 Å². The molecule has 7 nitrogen and oxygen atoms in total. The number of hydrogen-bond donors (Lipinski definition) is 1. The zero-order chi connectivity index (χ0) is 24.3. The van der Waals surface area contributed by atoms with Gasteiger partial charge in [0, 0.05) is 13.1 Å². The number of benzene rings is 1. The third-order valence-corrected chi connectivity index (χ3v) is 6.22. The van der Waals surface area contributed by atoms with Crippen molar-refractivity contribution in [1.82, 2.24) is 9.80 Å². The number of furan rings is 1. The van der Waals surface area contributed by atoms with Gasteiger partial charge in [-0.2, -0.15) is 0 Å². The van der Waals surface area contributed by atoms with Gasteiger partial charge in [0.15, 0.2) is 0 Å². The highest BCUT2D eigenvalue weighted by atomic mass is 16.5. The first kappa shape index (κ1) is 24.6. The summed E-state index contributed by atoms with van der Waals surface area (Å²) >= 11 is 0. The van der Waals surface area contributed by atoms with Crippen molar-refractivity contribution in [3.05, 3.63) is 59.1 Å². The van der Waals surface area contributed by atoms with Gasteiger partial charge in [-0.25, -0.2) is 0 Å². The third-order valence-electron chi connectivity index (χ3n) is 6.22. The van der Waals surface area contributed by atoms with E-state index in [4.69, 9.17) is 9.15 Å². The molecule has 7 heteroatoms. The molecule has 1 aromatic heterocycles. The van der Waals surface area contributed by atoms with E-state index in [1.807, 2.05) is 12.1 Å². The van der Waals surface area contributed by atoms with Crippen molar-refractivity contribution >= 4 is 17.4 Å². The van der Waals surface area contributed by atoms with Gasteiger partial charge < -0.3 is 24.1 Å². The van der Waals surface area contributed by atoms with Crippen molar-refractivity contribution in [2.24, 2.45) is 0 Å². The van der Waals surface area contributed by atoms with Crippen LogP contribution in [0.5, 0.6) is 5.75 Å². The number of Topliss-reactive ketones (excluding diaryl/α,β-unsaturated/α-hetero) is 1. The van der Waals surface area contributed by atoms with Crippen LogP contribution in [0.3, 0.4) is 0 Å². The largest absolute Gasteiger partial charge is 0.507 e. The molecule has 1 aliphatic heterocycles. The van der Waals surface area contributed by atoms with E-state index in [1.54, 1.807) is 18.2 Å². The van der Waals surface area contributed by atoms with Crippen LogP contribution in [0, 0.1) is 0 Å². The summed E-state index contributed by atoms with van der Waals surface area (Å²) in [7, 11) is 1.51. The number of likely N-dealkylation sites (tertiary alicyclic amines) is 1. The van der Waals surface area contributed by atoms with Gasteiger partial charge in [0.05, 0.1) is 24.5 Å². The first-order chi connectivity index (χ1) is 15.6. The van der Waals surface area contributed by atoms with Crippen LogP contribution in [0.1, 0.15) is 57.5 Å². The predicted octanol–water partition coefficient (Wildman–Crippen LogP) is 4.35. The van der Waals surface area contributed by atoms with Crippen LogP contribution in [0.4, 0.5) is 0 Å². The second-order valence-corrected chi connectivity index (χ2v) is 9.20. The Morgan fingerprint density at radius 1 is 1.18 bits per heavy atom. The highest BCUT2D eigenvalue weighted by molar-refractivity contribution is 6.46. The Bertz CT molecular complexity index is 1030. The number of ketones is 1. The Labute approximate surface area is 195 Å². The van der Waals surface area contributed by atoms with E-state index in [9.17, 15) is 14.7 Å². The molecule has 1 unspecified atom stereocenters. The van der Waals surface area contributed by atoms with Gasteiger partial charge in [-0.3, -0.25) is 9.59 Å². The maximum Gasteiger partial charge on any atom is 0.295 e. The summed E-state index contributed by atoms with van der Waals surface area (Å²) in [4.78, 5) is 29.9. The van der Waals surface area contributed by atoms with Crippen LogP contribution < -0.4 is 4.74 Å². The predicted molar refractivity (Wildman–Crippen MR) is 127 cm³/mol. The third kappa shape index (κ3) is 4.83. The Morgan fingerprint density at radius 2 is 1.88 bits per heavy atom. The lowest BCUT2D eigenvalue weighted by molar-refractivity contribution is -0.140. The fourth-order valence-corrected chi connectivity index (χ4v) is 4.15. The standard InChI is InChI=1S/C26H34N2O5/c1-7-27(8-2)13-14-28-22(20-10-9-15-33-20)21(24(30)25(28)31)23(29)18-16-17(26(3,4)5)11-12-19(18)32-6/h9-12,15-16,22,29H,7-8,13-14H2,1-6H3/b23-21+. The summed E-state index contributed by atoms with van der Waals surface area (Å²) in [5.74, 6) is -0.773. The number of hydrogen-bond acceptors (Lipinski definition) is 6. The number of carbonyl (C=O) groups excluding carboxylic acids is 2. The lowest BCUT2D eigenvalue weighted by atomic mass is 9.85. The zero-order valence-electron chi connectivity index (χ0n) is 20.3. The Balaban J connectivity index is 2.15. The molecule has 1 aliphatic rings. The highest BCUT2D eigenvalue weighted by Gasteiger charge is 2.47. The van der Waals surface area contributed by atoms with Gasteiger partial charge in [-0.15, -0.1) is 0 Å². The van der Waals surface area contributed by atoms with E-state index in [0.717, 1.165) is 18.7 Å². The first-order valence-corrected chi connectivity index (χ1v) is 11.4.